The number of halogens is 1. The van der Waals surface area contributed by atoms with E-state index in [1.165, 1.54) is 7.11 Å². The second-order valence-corrected chi connectivity index (χ2v) is 3.81. The highest BCUT2D eigenvalue weighted by molar-refractivity contribution is 14.1. The minimum atomic E-state index is -0.344. The van der Waals surface area contributed by atoms with Gasteiger partial charge in [0.2, 0.25) is 0 Å². The van der Waals surface area contributed by atoms with Crippen molar-refractivity contribution < 1.29 is 9.53 Å². The fraction of sp³-hybridized carbons (Fsp3) is 0.333. The highest BCUT2D eigenvalue weighted by Gasteiger charge is 2.08. The molecule has 0 aliphatic carbocycles. The molecule has 1 rings (SSSR count). The first-order valence-electron chi connectivity index (χ1n) is 4.12. The lowest BCUT2D eigenvalue weighted by Gasteiger charge is -2.03. The van der Waals surface area contributed by atoms with E-state index >= 15 is 0 Å². The van der Waals surface area contributed by atoms with Crippen LogP contribution in [-0.2, 0) is 11.2 Å². The Morgan fingerprint density at radius 3 is 2.93 bits per heavy atom. The summed E-state index contributed by atoms with van der Waals surface area (Å²) in [6.45, 7) is 0.522. The molecular weight excluding hydrogens is 295 g/mol. The Hall–Kier alpha value is -0.690. The Morgan fingerprint density at radius 2 is 2.36 bits per heavy atom. The van der Waals surface area contributed by atoms with Gasteiger partial charge in [-0.3, -0.25) is 0 Å². The van der Waals surface area contributed by atoms with Crippen LogP contribution in [0.15, 0.2) is 12.1 Å². The Labute approximate surface area is 96.0 Å². The molecule has 5 heteroatoms. The third kappa shape index (κ3) is 2.91. The first-order valence-corrected chi connectivity index (χ1v) is 5.20. The highest BCUT2D eigenvalue weighted by atomic mass is 127. The summed E-state index contributed by atoms with van der Waals surface area (Å²) in [5.41, 5.74) is 6.75. The van der Waals surface area contributed by atoms with E-state index in [9.17, 15) is 4.79 Å². The maximum atomic E-state index is 11.2. The quantitative estimate of drug-likeness (QED) is 0.513. The number of hydrogen-bond acceptors (Lipinski definition) is 4. The van der Waals surface area contributed by atoms with E-state index < -0.39 is 0 Å². The van der Waals surface area contributed by atoms with Crippen molar-refractivity contribution in [2.45, 2.75) is 6.42 Å². The van der Waals surface area contributed by atoms with Gasteiger partial charge in [-0.15, -0.1) is 0 Å². The highest BCUT2D eigenvalue weighted by Crippen LogP contribution is 2.09. The smallest absolute Gasteiger partial charge is 0.338 e. The van der Waals surface area contributed by atoms with Crippen molar-refractivity contribution in [2.75, 3.05) is 13.7 Å². The fourth-order valence-corrected chi connectivity index (χ4v) is 1.71. The molecule has 4 nitrogen and oxygen atoms in total. The molecule has 0 aliphatic rings. The first-order chi connectivity index (χ1) is 6.67. The molecule has 0 bridgehead atoms. The number of esters is 1. The van der Waals surface area contributed by atoms with Crippen LogP contribution in [0.4, 0.5) is 0 Å². The number of carbonyl (C=O) groups excluding carboxylic acids is 1. The first kappa shape index (κ1) is 11.4. The van der Waals surface area contributed by atoms with E-state index in [-0.39, 0.29) is 5.97 Å². The van der Waals surface area contributed by atoms with Crippen LogP contribution in [0.5, 0.6) is 0 Å². The largest absolute Gasteiger partial charge is 0.465 e. The molecule has 0 unspecified atom stereocenters. The number of hydrogen-bond donors (Lipinski definition) is 1. The van der Waals surface area contributed by atoms with Crippen LogP contribution in [0.25, 0.3) is 0 Å². The van der Waals surface area contributed by atoms with Crippen molar-refractivity contribution >= 4 is 28.6 Å². The molecular formula is C9H11IN2O2. The lowest BCUT2D eigenvalue weighted by atomic mass is 10.2. The van der Waals surface area contributed by atoms with Crippen LogP contribution in [0.1, 0.15) is 16.1 Å². The Kier molecular flexibility index (Phi) is 4.27. The number of aromatic nitrogens is 1. The number of nitrogens with zero attached hydrogens (tertiary/aromatic N) is 1. The summed E-state index contributed by atoms with van der Waals surface area (Å²) in [4.78, 5) is 15.5. The van der Waals surface area contributed by atoms with Crippen molar-refractivity contribution in [2.24, 2.45) is 5.73 Å². The van der Waals surface area contributed by atoms with E-state index in [0.717, 1.165) is 9.39 Å². The molecule has 2 N–H and O–H groups in total. The fourth-order valence-electron chi connectivity index (χ4n) is 1.06. The normalized spacial score (nSPS) is 9.93. The van der Waals surface area contributed by atoms with E-state index in [1.54, 1.807) is 12.1 Å². The number of methoxy groups -OCH3 is 1. The summed E-state index contributed by atoms with van der Waals surface area (Å²) in [6.07, 6.45) is 0.667. The standard InChI is InChI=1S/C9H11IN2O2/c1-14-9(13)6-4-7(2-3-11)12-8(10)5-6/h4-5H,2-3,11H2,1H3. The minimum absolute atomic E-state index is 0.344. The van der Waals surface area contributed by atoms with Crippen LogP contribution >= 0.6 is 22.6 Å². The summed E-state index contributed by atoms with van der Waals surface area (Å²) in [5.74, 6) is -0.344. The van der Waals surface area contributed by atoms with Crippen molar-refractivity contribution in [1.82, 2.24) is 4.98 Å². The zero-order valence-electron chi connectivity index (χ0n) is 7.79. The van der Waals surface area contributed by atoms with Gasteiger partial charge in [0.1, 0.15) is 3.70 Å². The van der Waals surface area contributed by atoms with Crippen LogP contribution in [0.3, 0.4) is 0 Å². The van der Waals surface area contributed by atoms with Gasteiger partial charge in [-0.05, 0) is 41.3 Å². The van der Waals surface area contributed by atoms with Crippen molar-refractivity contribution in [3.8, 4) is 0 Å². The maximum Gasteiger partial charge on any atom is 0.338 e. The third-order valence-corrected chi connectivity index (χ3v) is 2.22. The summed E-state index contributed by atoms with van der Waals surface area (Å²) in [6, 6.07) is 3.40. The maximum absolute atomic E-state index is 11.2. The molecule has 0 saturated heterocycles. The zero-order valence-corrected chi connectivity index (χ0v) is 9.95. The van der Waals surface area contributed by atoms with Gasteiger partial charge < -0.3 is 10.5 Å². The summed E-state index contributed by atoms with van der Waals surface area (Å²) in [5, 5.41) is 0. The average molecular weight is 306 g/mol. The molecule has 0 atom stereocenters. The predicted octanol–water partition coefficient (Wildman–Crippen LogP) is 0.974. The van der Waals surface area contributed by atoms with Crippen molar-refractivity contribution in [3.63, 3.8) is 0 Å². The Balaban J connectivity index is 3.00. The van der Waals surface area contributed by atoms with Crippen LogP contribution in [0.2, 0.25) is 0 Å². The summed E-state index contributed by atoms with van der Waals surface area (Å²) < 4.78 is 5.40. The van der Waals surface area contributed by atoms with Gasteiger partial charge in [0.15, 0.2) is 0 Å². The van der Waals surface area contributed by atoms with E-state index in [1.807, 2.05) is 0 Å². The number of ether oxygens (including phenoxy) is 1. The van der Waals surface area contributed by atoms with E-state index in [0.29, 0.717) is 18.5 Å². The lowest BCUT2D eigenvalue weighted by Crippen LogP contribution is -2.08. The summed E-state index contributed by atoms with van der Waals surface area (Å²) >= 11 is 2.06. The minimum Gasteiger partial charge on any atom is -0.465 e. The van der Waals surface area contributed by atoms with Crippen molar-refractivity contribution in [1.29, 1.82) is 0 Å². The zero-order chi connectivity index (χ0) is 10.6. The molecule has 0 spiro atoms. The topological polar surface area (TPSA) is 65.2 Å². The van der Waals surface area contributed by atoms with Gasteiger partial charge in [-0.25, -0.2) is 9.78 Å². The molecule has 0 radical (unpaired) electrons. The molecule has 0 aromatic carbocycles. The second-order valence-electron chi connectivity index (χ2n) is 2.70. The number of carbonyl (C=O) groups is 1. The Bertz CT molecular complexity index is 342. The molecule has 76 valence electrons. The molecule has 1 aromatic heterocycles. The predicted molar refractivity (Wildman–Crippen MR) is 61.1 cm³/mol. The monoisotopic (exact) mass is 306 g/mol. The van der Waals surface area contributed by atoms with Crippen LogP contribution in [0, 0.1) is 3.70 Å². The molecule has 0 amide bonds. The SMILES string of the molecule is COC(=O)c1cc(I)nc(CCN)c1. The molecule has 0 saturated carbocycles. The molecule has 0 aliphatic heterocycles. The van der Waals surface area contributed by atoms with E-state index in [4.69, 9.17) is 5.73 Å². The Morgan fingerprint density at radius 1 is 1.64 bits per heavy atom. The number of nitrogens with two attached hydrogens (primary N) is 1. The number of rotatable bonds is 3. The lowest BCUT2D eigenvalue weighted by molar-refractivity contribution is 0.0600. The molecule has 1 aromatic rings. The average Bonchev–Trinajstić information content (AvgIpc) is 2.16. The van der Waals surface area contributed by atoms with Crippen LogP contribution < -0.4 is 5.73 Å². The second kappa shape index (κ2) is 5.26. The van der Waals surface area contributed by atoms with Gasteiger partial charge >= 0.3 is 5.97 Å². The van der Waals surface area contributed by atoms with Gasteiger partial charge in [-0.2, -0.15) is 0 Å². The van der Waals surface area contributed by atoms with Crippen LogP contribution in [-0.4, -0.2) is 24.6 Å². The van der Waals surface area contributed by atoms with E-state index in [2.05, 4.69) is 32.3 Å². The van der Waals surface area contributed by atoms with Gasteiger partial charge in [0.05, 0.1) is 12.7 Å². The molecule has 1 heterocycles. The number of pyridine rings is 1. The third-order valence-electron chi connectivity index (χ3n) is 1.67. The van der Waals surface area contributed by atoms with Gasteiger partial charge in [0.25, 0.3) is 0 Å². The summed E-state index contributed by atoms with van der Waals surface area (Å²) in [7, 11) is 1.36. The van der Waals surface area contributed by atoms with Gasteiger partial charge in [-0.1, -0.05) is 0 Å². The van der Waals surface area contributed by atoms with Gasteiger partial charge in [0, 0.05) is 12.1 Å². The molecule has 14 heavy (non-hydrogen) atoms. The van der Waals surface area contributed by atoms with Crippen molar-refractivity contribution in [3.05, 3.63) is 27.1 Å². The molecule has 0 fully saturated rings.